The van der Waals surface area contributed by atoms with Gasteiger partial charge < -0.3 is 9.47 Å². The average molecular weight is 290 g/mol. The quantitative estimate of drug-likeness (QED) is 0.826. The van der Waals surface area contributed by atoms with E-state index < -0.39 is 17.1 Å². The third-order valence-electron chi connectivity index (χ3n) is 2.54. The van der Waals surface area contributed by atoms with E-state index in [4.69, 9.17) is 9.47 Å². The highest BCUT2D eigenvalue weighted by Gasteiger charge is 2.10. The van der Waals surface area contributed by atoms with Crippen LogP contribution in [0.25, 0.3) is 0 Å². The highest BCUT2D eigenvalue weighted by molar-refractivity contribution is 5.68. The Morgan fingerprint density at radius 2 is 1.95 bits per heavy atom. The minimum atomic E-state index is -0.609. The first kappa shape index (κ1) is 14.6. The number of carbonyl (C=O) groups excluding carboxylic acids is 1. The van der Waals surface area contributed by atoms with Crippen molar-refractivity contribution in [2.75, 3.05) is 6.61 Å². The summed E-state index contributed by atoms with van der Waals surface area (Å²) in [7, 11) is 0. The molecule has 0 atom stereocenters. The van der Waals surface area contributed by atoms with Gasteiger partial charge in [-0.1, -0.05) is 18.2 Å². The largest absolute Gasteiger partial charge is 0.465 e. The van der Waals surface area contributed by atoms with Crippen molar-refractivity contribution in [3.63, 3.8) is 0 Å². The van der Waals surface area contributed by atoms with E-state index in [1.807, 2.05) is 0 Å². The lowest BCUT2D eigenvalue weighted by molar-refractivity contribution is -0.144. The second-order valence-corrected chi connectivity index (χ2v) is 4.09. The van der Waals surface area contributed by atoms with Crippen LogP contribution < -0.4 is 15.9 Å². The molecule has 2 aromatic rings. The summed E-state index contributed by atoms with van der Waals surface area (Å²) in [6.07, 6.45) is 0. The summed E-state index contributed by atoms with van der Waals surface area (Å²) in [6.45, 7) is 1.50. The van der Waals surface area contributed by atoms with Gasteiger partial charge in [0.1, 0.15) is 12.3 Å². The van der Waals surface area contributed by atoms with Crippen molar-refractivity contribution >= 4 is 5.97 Å². The van der Waals surface area contributed by atoms with Crippen LogP contribution in [0, 0.1) is 0 Å². The van der Waals surface area contributed by atoms with E-state index in [1.54, 1.807) is 37.3 Å². The fourth-order valence-electron chi connectivity index (χ4n) is 1.63. The third-order valence-corrected chi connectivity index (χ3v) is 2.54. The number of carbonyl (C=O) groups is 1. The lowest BCUT2D eigenvalue weighted by Gasteiger charge is -2.07. The van der Waals surface area contributed by atoms with E-state index in [2.05, 4.69) is 5.10 Å². The average Bonchev–Trinajstić information content (AvgIpc) is 2.45. The molecule has 1 aromatic carbocycles. The zero-order valence-electron chi connectivity index (χ0n) is 11.4. The number of H-pyrrole nitrogens is 1. The Labute approximate surface area is 119 Å². The summed E-state index contributed by atoms with van der Waals surface area (Å²) in [5.41, 5.74) is -1.17. The topological polar surface area (TPSA) is 90.4 Å². The molecule has 0 amide bonds. The Hall–Kier alpha value is -2.83. The number of ether oxygens (including phenoxy) is 2. The second-order valence-electron chi connectivity index (χ2n) is 4.09. The van der Waals surface area contributed by atoms with Crippen LogP contribution in [-0.2, 0) is 16.1 Å². The summed E-state index contributed by atoms with van der Waals surface area (Å²) in [5.74, 6) is -0.302. The molecule has 0 aliphatic heterocycles. The zero-order valence-corrected chi connectivity index (χ0v) is 11.4. The van der Waals surface area contributed by atoms with Crippen LogP contribution in [0.4, 0.5) is 0 Å². The molecule has 0 unspecified atom stereocenters. The number of hydrogen-bond donors (Lipinski definition) is 1. The highest BCUT2D eigenvalue weighted by atomic mass is 16.5. The number of benzene rings is 1. The van der Waals surface area contributed by atoms with E-state index in [9.17, 15) is 14.4 Å². The molecule has 0 saturated carbocycles. The smallest absolute Gasteiger partial charge is 0.327 e. The summed E-state index contributed by atoms with van der Waals surface area (Å²) in [5, 5.41) is 2.28. The number of aromatic amines is 1. The number of nitrogens with one attached hydrogen (secondary N) is 1. The van der Waals surface area contributed by atoms with E-state index in [1.165, 1.54) is 0 Å². The molecule has 7 heteroatoms. The minimum absolute atomic E-state index is 0.133. The SMILES string of the molecule is CCOC(=O)Cn1[nH]c(=O)c(Oc2ccccc2)cc1=O. The first-order valence-electron chi connectivity index (χ1n) is 6.33. The van der Waals surface area contributed by atoms with Crippen LogP contribution in [0.1, 0.15) is 6.92 Å². The van der Waals surface area contributed by atoms with Gasteiger partial charge in [-0.25, -0.2) is 4.68 Å². The third kappa shape index (κ3) is 3.82. The molecule has 0 aliphatic carbocycles. The maximum Gasteiger partial charge on any atom is 0.327 e. The predicted octanol–water partition coefficient (Wildman–Crippen LogP) is 0.892. The first-order valence-corrected chi connectivity index (χ1v) is 6.33. The van der Waals surface area contributed by atoms with Crippen LogP contribution in [0.3, 0.4) is 0 Å². The summed E-state index contributed by atoms with van der Waals surface area (Å²) < 4.78 is 10.9. The van der Waals surface area contributed by atoms with Crippen LogP contribution in [0.2, 0.25) is 0 Å². The molecular formula is C14H14N2O5. The predicted molar refractivity (Wildman–Crippen MR) is 74.5 cm³/mol. The Morgan fingerprint density at radius 3 is 2.62 bits per heavy atom. The maximum atomic E-state index is 11.8. The van der Waals surface area contributed by atoms with Gasteiger partial charge >= 0.3 is 11.5 Å². The van der Waals surface area contributed by atoms with Crippen molar-refractivity contribution in [2.24, 2.45) is 0 Å². The monoisotopic (exact) mass is 290 g/mol. The molecule has 0 bridgehead atoms. The molecule has 0 spiro atoms. The Bertz CT molecular complexity index is 733. The molecule has 0 radical (unpaired) electrons. The normalized spacial score (nSPS) is 10.1. The summed E-state index contributed by atoms with van der Waals surface area (Å²) >= 11 is 0. The van der Waals surface area contributed by atoms with Crippen molar-refractivity contribution < 1.29 is 14.3 Å². The first-order chi connectivity index (χ1) is 10.1. The molecular weight excluding hydrogens is 276 g/mol. The highest BCUT2D eigenvalue weighted by Crippen LogP contribution is 2.15. The number of nitrogens with zero attached hydrogens (tertiary/aromatic N) is 1. The molecule has 0 saturated heterocycles. The van der Waals surface area contributed by atoms with Gasteiger partial charge in [0.15, 0.2) is 5.75 Å². The van der Waals surface area contributed by atoms with Gasteiger partial charge in [0.2, 0.25) is 0 Å². The standard InChI is InChI=1S/C14H14N2O5/c1-2-20-13(18)9-16-12(17)8-11(14(19)15-16)21-10-6-4-3-5-7-10/h3-8H,2,9H2,1H3,(H,15,19). The van der Waals surface area contributed by atoms with Crippen LogP contribution in [-0.4, -0.2) is 22.4 Å². The molecule has 1 heterocycles. The molecule has 1 aromatic heterocycles. The summed E-state index contributed by atoms with van der Waals surface area (Å²) in [6, 6.07) is 9.63. The number of rotatable bonds is 5. The van der Waals surface area contributed by atoms with Crippen molar-refractivity contribution in [1.29, 1.82) is 0 Å². The van der Waals surface area contributed by atoms with Gasteiger partial charge in [-0.15, -0.1) is 0 Å². The molecule has 110 valence electrons. The molecule has 2 rings (SSSR count). The van der Waals surface area contributed by atoms with E-state index in [-0.39, 0.29) is 18.9 Å². The van der Waals surface area contributed by atoms with Crippen LogP contribution in [0.5, 0.6) is 11.5 Å². The number of hydrogen-bond acceptors (Lipinski definition) is 5. The van der Waals surface area contributed by atoms with Gasteiger partial charge in [0.05, 0.1) is 12.7 Å². The Kier molecular flexibility index (Phi) is 4.55. The second kappa shape index (κ2) is 6.56. The zero-order chi connectivity index (χ0) is 15.2. The molecule has 0 aliphatic rings. The van der Waals surface area contributed by atoms with Gasteiger partial charge in [0, 0.05) is 0 Å². The van der Waals surface area contributed by atoms with Gasteiger partial charge in [-0.05, 0) is 19.1 Å². The van der Waals surface area contributed by atoms with E-state index >= 15 is 0 Å². The van der Waals surface area contributed by atoms with Crippen molar-refractivity contribution in [3.8, 4) is 11.5 Å². The van der Waals surface area contributed by atoms with Gasteiger partial charge in [-0.2, -0.15) is 0 Å². The molecule has 7 nitrogen and oxygen atoms in total. The van der Waals surface area contributed by atoms with Crippen molar-refractivity contribution in [2.45, 2.75) is 13.5 Å². The van der Waals surface area contributed by atoms with Gasteiger partial charge in [-0.3, -0.25) is 19.5 Å². The fourth-order valence-corrected chi connectivity index (χ4v) is 1.63. The lowest BCUT2D eigenvalue weighted by Crippen LogP contribution is -2.32. The number of esters is 1. The summed E-state index contributed by atoms with van der Waals surface area (Å²) in [4.78, 5) is 35.0. The maximum absolute atomic E-state index is 11.8. The van der Waals surface area contributed by atoms with Crippen LogP contribution in [0.15, 0.2) is 46.0 Å². The van der Waals surface area contributed by atoms with E-state index in [0.29, 0.717) is 5.75 Å². The molecule has 1 N–H and O–H groups in total. The van der Waals surface area contributed by atoms with E-state index in [0.717, 1.165) is 10.7 Å². The Morgan fingerprint density at radius 1 is 1.24 bits per heavy atom. The Balaban J connectivity index is 2.23. The number of para-hydroxylation sites is 1. The van der Waals surface area contributed by atoms with Crippen molar-refractivity contribution in [3.05, 3.63) is 57.1 Å². The minimum Gasteiger partial charge on any atom is -0.465 e. The molecule has 0 fully saturated rings. The van der Waals surface area contributed by atoms with Crippen LogP contribution >= 0.6 is 0 Å². The van der Waals surface area contributed by atoms with Gasteiger partial charge in [0.25, 0.3) is 5.56 Å². The van der Waals surface area contributed by atoms with Crippen molar-refractivity contribution in [1.82, 2.24) is 9.78 Å². The molecule has 21 heavy (non-hydrogen) atoms. The number of aromatic nitrogens is 2. The fraction of sp³-hybridized carbons (Fsp3) is 0.214. The lowest BCUT2D eigenvalue weighted by atomic mass is 10.3.